The van der Waals surface area contributed by atoms with Gasteiger partial charge in [0.1, 0.15) is 6.20 Å². The van der Waals surface area contributed by atoms with E-state index in [0.29, 0.717) is 4.48 Å². The molecule has 0 spiro atoms. The highest BCUT2D eigenvalue weighted by molar-refractivity contribution is 4.97. The van der Waals surface area contributed by atoms with E-state index < -0.39 is 0 Å². The lowest BCUT2D eigenvalue weighted by atomic mass is 10.1. The lowest BCUT2D eigenvalue weighted by molar-refractivity contribution is -0.935. The average molecular weight is 352 g/mol. The van der Waals surface area contributed by atoms with Crippen molar-refractivity contribution in [2.24, 2.45) is 0 Å². The number of aliphatic hydroxyl groups excluding tert-OH is 1. The van der Waals surface area contributed by atoms with Crippen LogP contribution in [0.2, 0.25) is 0 Å². The summed E-state index contributed by atoms with van der Waals surface area (Å²) in [6, 6.07) is 0. The van der Waals surface area contributed by atoms with Crippen molar-refractivity contribution in [3.05, 3.63) is 24.6 Å². The number of aliphatic hydroxyl groups is 1. The Morgan fingerprint density at radius 2 is 1.52 bits per heavy atom. The molecule has 0 amide bonds. The second-order valence-corrected chi connectivity index (χ2v) is 7.62. The van der Waals surface area contributed by atoms with E-state index in [9.17, 15) is 5.11 Å². The third-order valence-electron chi connectivity index (χ3n) is 5.67. The summed E-state index contributed by atoms with van der Waals surface area (Å²) in [5.41, 5.74) is 0. The van der Waals surface area contributed by atoms with Crippen LogP contribution in [-0.4, -0.2) is 28.5 Å². The summed E-state index contributed by atoms with van der Waals surface area (Å²) >= 11 is 0. The molecule has 1 heterocycles. The van der Waals surface area contributed by atoms with E-state index in [1.165, 1.54) is 70.6 Å². The highest BCUT2D eigenvalue weighted by atomic mass is 16.3. The van der Waals surface area contributed by atoms with Crippen LogP contribution in [0, 0.1) is 0 Å². The Bertz CT molecular complexity index is 378. The monoisotopic (exact) mass is 351 g/mol. The number of likely N-dealkylation sites (N-methyl/N-ethyl adjacent to an activating group) is 1. The Morgan fingerprint density at radius 1 is 0.960 bits per heavy atom. The van der Waals surface area contributed by atoms with Gasteiger partial charge in [0.15, 0.2) is 12.4 Å². The summed E-state index contributed by atoms with van der Waals surface area (Å²) in [6.45, 7) is 7.19. The van der Waals surface area contributed by atoms with Gasteiger partial charge in [0.2, 0.25) is 0 Å². The number of nitrogens with one attached hydrogen (secondary N) is 1. The van der Waals surface area contributed by atoms with E-state index in [4.69, 9.17) is 0 Å². The molecule has 1 aliphatic heterocycles. The molecular weight excluding hydrogens is 308 g/mol. The smallest absolute Gasteiger partial charge is 0.193 e. The average Bonchev–Trinajstić information content (AvgIpc) is 3.03. The van der Waals surface area contributed by atoms with Crippen LogP contribution in [-0.2, 0) is 0 Å². The normalized spacial score (nSPS) is 24.1. The van der Waals surface area contributed by atoms with E-state index in [1.807, 2.05) is 13.1 Å². The Labute approximate surface area is 156 Å². The van der Waals surface area contributed by atoms with E-state index in [0.717, 1.165) is 13.0 Å². The van der Waals surface area contributed by atoms with Crippen LogP contribution in [0.5, 0.6) is 0 Å². The maximum atomic E-state index is 10.1. The zero-order valence-corrected chi connectivity index (χ0v) is 17.1. The fourth-order valence-electron chi connectivity index (χ4n) is 3.80. The number of hydrogen-bond donors (Lipinski definition) is 2. The van der Waals surface area contributed by atoms with Gasteiger partial charge in [0.25, 0.3) is 0 Å². The molecule has 3 heteroatoms. The minimum Gasteiger partial charge on any atom is -0.345 e. The first-order valence-corrected chi connectivity index (χ1v) is 10.8. The first-order chi connectivity index (χ1) is 12.2. The van der Waals surface area contributed by atoms with Gasteiger partial charge in [-0.25, -0.2) is 4.48 Å². The number of quaternary nitrogens is 1. The molecule has 1 rings (SSSR count). The van der Waals surface area contributed by atoms with E-state index in [-0.39, 0.29) is 12.4 Å². The van der Waals surface area contributed by atoms with Gasteiger partial charge in [-0.1, -0.05) is 77.2 Å². The van der Waals surface area contributed by atoms with Crippen molar-refractivity contribution in [3.8, 4) is 0 Å². The minimum absolute atomic E-state index is 0.178. The Balaban J connectivity index is 2.02. The molecular formula is C22H43N2O+. The van der Waals surface area contributed by atoms with Crippen molar-refractivity contribution >= 4 is 0 Å². The summed E-state index contributed by atoms with van der Waals surface area (Å²) in [4.78, 5) is 0. The molecule has 146 valence electrons. The summed E-state index contributed by atoms with van der Waals surface area (Å²) in [6.07, 6.45) is 24.9. The van der Waals surface area contributed by atoms with Crippen LogP contribution >= 0.6 is 0 Å². The maximum Gasteiger partial charge on any atom is 0.193 e. The summed E-state index contributed by atoms with van der Waals surface area (Å²) in [7, 11) is 0. The number of unbranched alkanes of at least 4 members (excludes halogenated alkanes) is 11. The SMILES string of the molecule is CCCCCCCCCCCCC/C=C/C1NC=C[N+]1(CC)C(C)O. The van der Waals surface area contributed by atoms with Gasteiger partial charge in [-0.05, 0) is 25.8 Å². The molecule has 0 radical (unpaired) electrons. The molecule has 3 unspecified atom stereocenters. The zero-order valence-electron chi connectivity index (χ0n) is 17.1. The van der Waals surface area contributed by atoms with E-state index in [1.54, 1.807) is 0 Å². The summed E-state index contributed by atoms with van der Waals surface area (Å²) in [5, 5.41) is 13.5. The molecule has 0 fully saturated rings. The van der Waals surface area contributed by atoms with Crippen molar-refractivity contribution in [1.29, 1.82) is 0 Å². The number of rotatable bonds is 15. The molecule has 3 atom stereocenters. The third kappa shape index (κ3) is 7.96. The van der Waals surface area contributed by atoms with Crippen LogP contribution in [0.15, 0.2) is 24.6 Å². The molecule has 0 bridgehead atoms. The van der Waals surface area contributed by atoms with Gasteiger partial charge < -0.3 is 10.4 Å². The molecule has 3 nitrogen and oxygen atoms in total. The second-order valence-electron chi connectivity index (χ2n) is 7.62. The van der Waals surface area contributed by atoms with E-state index in [2.05, 4.69) is 37.5 Å². The predicted octanol–water partition coefficient (Wildman–Crippen LogP) is 5.82. The van der Waals surface area contributed by atoms with Crippen LogP contribution in [0.3, 0.4) is 0 Å². The van der Waals surface area contributed by atoms with Crippen LogP contribution in [0.1, 0.15) is 97.8 Å². The van der Waals surface area contributed by atoms with Gasteiger partial charge in [0, 0.05) is 6.92 Å². The van der Waals surface area contributed by atoms with Gasteiger partial charge >= 0.3 is 0 Å². The molecule has 0 aromatic heterocycles. The molecule has 2 N–H and O–H groups in total. The molecule has 0 saturated heterocycles. The number of allylic oxidation sites excluding steroid dienone is 1. The highest BCUT2D eigenvalue weighted by Gasteiger charge is 2.39. The minimum atomic E-state index is -0.382. The quantitative estimate of drug-likeness (QED) is 0.221. The van der Waals surface area contributed by atoms with Crippen LogP contribution < -0.4 is 5.32 Å². The van der Waals surface area contributed by atoms with Crippen molar-refractivity contribution in [2.45, 2.75) is 110 Å². The number of hydrogen-bond acceptors (Lipinski definition) is 2. The fraction of sp³-hybridized carbons (Fsp3) is 0.818. The first-order valence-electron chi connectivity index (χ1n) is 10.8. The Hall–Kier alpha value is -0.800. The number of nitrogens with zero attached hydrogens (tertiary/aromatic N) is 1. The second kappa shape index (κ2) is 13.4. The lowest BCUT2D eigenvalue weighted by Gasteiger charge is -2.37. The standard InChI is InChI=1S/C22H43N2O/c1-4-6-7-8-9-10-11-12-13-14-15-16-17-18-22-23-19-20-24(22,5-2)21(3)25/h17-23,25H,4-16H2,1-3H3/q+1/b18-17+. The first kappa shape index (κ1) is 22.2. The van der Waals surface area contributed by atoms with Gasteiger partial charge in [-0.3, -0.25) is 0 Å². The summed E-state index contributed by atoms with van der Waals surface area (Å²) in [5.74, 6) is 0. The largest absolute Gasteiger partial charge is 0.345 e. The van der Waals surface area contributed by atoms with Crippen molar-refractivity contribution in [2.75, 3.05) is 6.54 Å². The molecule has 1 aliphatic rings. The highest BCUT2D eigenvalue weighted by Crippen LogP contribution is 2.23. The molecule has 0 aromatic carbocycles. The van der Waals surface area contributed by atoms with Crippen molar-refractivity contribution < 1.29 is 9.59 Å². The van der Waals surface area contributed by atoms with Crippen molar-refractivity contribution in [1.82, 2.24) is 5.32 Å². The van der Waals surface area contributed by atoms with Gasteiger partial charge in [-0.15, -0.1) is 0 Å². The molecule has 0 aliphatic carbocycles. The topological polar surface area (TPSA) is 32.3 Å². The Morgan fingerprint density at radius 3 is 2.04 bits per heavy atom. The van der Waals surface area contributed by atoms with Gasteiger partial charge in [-0.2, -0.15) is 0 Å². The van der Waals surface area contributed by atoms with Crippen LogP contribution in [0.25, 0.3) is 0 Å². The van der Waals surface area contributed by atoms with E-state index >= 15 is 0 Å². The Kier molecular flexibility index (Phi) is 11.9. The van der Waals surface area contributed by atoms with Crippen LogP contribution in [0.4, 0.5) is 0 Å². The molecule has 25 heavy (non-hydrogen) atoms. The van der Waals surface area contributed by atoms with Crippen molar-refractivity contribution in [3.63, 3.8) is 0 Å². The molecule has 0 saturated carbocycles. The van der Waals surface area contributed by atoms with Gasteiger partial charge in [0.05, 0.1) is 12.7 Å². The summed E-state index contributed by atoms with van der Waals surface area (Å²) < 4.78 is 0.592. The fourth-order valence-corrected chi connectivity index (χ4v) is 3.80. The maximum absolute atomic E-state index is 10.1. The molecule has 0 aromatic rings. The zero-order chi connectivity index (χ0) is 18.4. The predicted molar refractivity (Wildman–Crippen MR) is 109 cm³/mol. The third-order valence-corrected chi connectivity index (χ3v) is 5.67. The lowest BCUT2D eigenvalue weighted by Crippen LogP contribution is -2.56.